The van der Waals surface area contributed by atoms with Gasteiger partial charge in [-0.3, -0.25) is 9.59 Å². The second-order valence-corrected chi connectivity index (χ2v) is 5.33. The Morgan fingerprint density at radius 3 is 2.50 bits per heavy atom. The molecular formula is C15H15F3N2O4. The van der Waals surface area contributed by atoms with Crippen molar-refractivity contribution in [3.8, 4) is 5.75 Å². The van der Waals surface area contributed by atoms with Crippen molar-refractivity contribution in [2.75, 3.05) is 7.11 Å². The van der Waals surface area contributed by atoms with E-state index in [0.717, 1.165) is 16.8 Å². The molecule has 2 rings (SSSR count). The lowest BCUT2D eigenvalue weighted by molar-refractivity contribution is -0.274. The first-order valence-electron chi connectivity index (χ1n) is 6.99. The van der Waals surface area contributed by atoms with Gasteiger partial charge in [-0.05, 0) is 24.1 Å². The Balaban J connectivity index is 2.65. The standard InChI is InChI=1S/C15H15F3N2O4/c1-8(2)13-11-6-9(24-15(16,17)18)4-5-10(11)14(22)20(19-13)7-12(21)23-3/h4-6,8H,7H2,1-3H3. The zero-order valence-corrected chi connectivity index (χ0v) is 13.2. The molecule has 9 heteroatoms. The van der Waals surface area contributed by atoms with Gasteiger partial charge in [0.15, 0.2) is 0 Å². The minimum atomic E-state index is -4.83. The van der Waals surface area contributed by atoms with E-state index in [2.05, 4.69) is 14.6 Å². The summed E-state index contributed by atoms with van der Waals surface area (Å²) in [6.07, 6.45) is -4.83. The number of alkyl halides is 3. The van der Waals surface area contributed by atoms with E-state index < -0.39 is 23.6 Å². The lowest BCUT2D eigenvalue weighted by Crippen LogP contribution is -2.29. The van der Waals surface area contributed by atoms with Gasteiger partial charge in [0.05, 0.1) is 18.2 Å². The summed E-state index contributed by atoms with van der Waals surface area (Å²) in [4.78, 5) is 23.8. The van der Waals surface area contributed by atoms with Gasteiger partial charge < -0.3 is 9.47 Å². The summed E-state index contributed by atoms with van der Waals surface area (Å²) in [5, 5.41) is 4.49. The number of aromatic nitrogens is 2. The molecule has 2 aromatic rings. The van der Waals surface area contributed by atoms with E-state index in [0.29, 0.717) is 5.69 Å². The van der Waals surface area contributed by atoms with Crippen LogP contribution in [0.15, 0.2) is 23.0 Å². The Labute approximate surface area is 134 Å². The molecule has 1 aromatic carbocycles. The smallest absolute Gasteiger partial charge is 0.468 e. The molecular weight excluding hydrogens is 329 g/mol. The molecule has 0 aliphatic carbocycles. The lowest BCUT2D eigenvalue weighted by Gasteiger charge is -2.14. The van der Waals surface area contributed by atoms with Crippen LogP contribution in [0, 0.1) is 0 Å². The number of carbonyl (C=O) groups is 1. The summed E-state index contributed by atoms with van der Waals surface area (Å²) in [6.45, 7) is 3.16. The van der Waals surface area contributed by atoms with Gasteiger partial charge in [-0.15, -0.1) is 13.2 Å². The first kappa shape index (κ1) is 17.8. The van der Waals surface area contributed by atoms with Crippen molar-refractivity contribution in [2.45, 2.75) is 32.7 Å². The monoisotopic (exact) mass is 344 g/mol. The average Bonchev–Trinajstić information content (AvgIpc) is 2.47. The van der Waals surface area contributed by atoms with Crippen molar-refractivity contribution in [1.29, 1.82) is 0 Å². The van der Waals surface area contributed by atoms with Crippen molar-refractivity contribution in [3.05, 3.63) is 34.2 Å². The first-order chi connectivity index (χ1) is 11.1. The zero-order chi connectivity index (χ0) is 18.1. The van der Waals surface area contributed by atoms with Crippen LogP contribution in [0.25, 0.3) is 10.8 Å². The molecule has 0 unspecified atom stereocenters. The molecule has 0 spiro atoms. The van der Waals surface area contributed by atoms with Crippen LogP contribution < -0.4 is 10.3 Å². The molecule has 0 aliphatic heterocycles. The normalized spacial score (nSPS) is 11.8. The average molecular weight is 344 g/mol. The molecule has 0 N–H and O–H groups in total. The van der Waals surface area contributed by atoms with E-state index in [9.17, 15) is 22.8 Å². The summed E-state index contributed by atoms with van der Waals surface area (Å²) < 4.78 is 46.4. The van der Waals surface area contributed by atoms with Crippen molar-refractivity contribution in [1.82, 2.24) is 9.78 Å². The molecule has 0 fully saturated rings. The number of methoxy groups -OCH3 is 1. The van der Waals surface area contributed by atoms with Crippen LogP contribution in [0.1, 0.15) is 25.5 Å². The number of ether oxygens (including phenoxy) is 2. The molecule has 0 aliphatic rings. The Morgan fingerprint density at radius 1 is 1.29 bits per heavy atom. The predicted molar refractivity (Wildman–Crippen MR) is 78.8 cm³/mol. The molecule has 0 bridgehead atoms. The van der Waals surface area contributed by atoms with Crippen molar-refractivity contribution in [2.24, 2.45) is 0 Å². The number of rotatable bonds is 4. The number of nitrogens with zero attached hydrogens (tertiary/aromatic N) is 2. The number of fused-ring (bicyclic) bond motifs is 1. The van der Waals surface area contributed by atoms with Gasteiger partial charge in [0, 0.05) is 5.39 Å². The third-order valence-electron chi connectivity index (χ3n) is 3.25. The fraction of sp³-hybridized carbons (Fsp3) is 0.400. The second-order valence-electron chi connectivity index (χ2n) is 5.33. The van der Waals surface area contributed by atoms with Crippen molar-refractivity contribution in [3.63, 3.8) is 0 Å². The maximum Gasteiger partial charge on any atom is 0.573 e. The predicted octanol–water partition coefficient (Wildman–Crippen LogP) is 2.59. The third kappa shape index (κ3) is 3.84. The lowest BCUT2D eigenvalue weighted by atomic mass is 10.0. The number of hydrogen-bond acceptors (Lipinski definition) is 5. The second kappa shape index (κ2) is 6.50. The molecule has 1 heterocycles. The van der Waals surface area contributed by atoms with Gasteiger partial charge in [0.2, 0.25) is 0 Å². The van der Waals surface area contributed by atoms with E-state index in [4.69, 9.17) is 0 Å². The van der Waals surface area contributed by atoms with Crippen LogP contribution in [0.3, 0.4) is 0 Å². The minimum Gasteiger partial charge on any atom is -0.468 e. The summed E-state index contributed by atoms with van der Waals surface area (Å²) in [6, 6.07) is 3.39. The number of carbonyl (C=O) groups excluding carboxylic acids is 1. The van der Waals surface area contributed by atoms with Gasteiger partial charge in [-0.25, -0.2) is 4.68 Å². The number of benzene rings is 1. The maximum absolute atomic E-state index is 12.4. The molecule has 130 valence electrons. The van der Waals surface area contributed by atoms with Gasteiger partial charge in [-0.1, -0.05) is 13.8 Å². The van der Waals surface area contributed by atoms with Crippen molar-refractivity contribution < 1.29 is 27.4 Å². The summed E-state index contributed by atoms with van der Waals surface area (Å²) in [5.41, 5.74) is -0.223. The maximum atomic E-state index is 12.4. The van der Waals surface area contributed by atoms with Crippen LogP contribution in [-0.4, -0.2) is 29.2 Å². The van der Waals surface area contributed by atoms with Crippen LogP contribution >= 0.6 is 0 Å². The van der Waals surface area contributed by atoms with Crippen LogP contribution in [0.2, 0.25) is 0 Å². The molecule has 0 radical (unpaired) electrons. The quantitative estimate of drug-likeness (QED) is 0.798. The summed E-state index contributed by atoms with van der Waals surface area (Å²) >= 11 is 0. The van der Waals surface area contributed by atoms with Gasteiger partial charge in [0.1, 0.15) is 12.3 Å². The highest BCUT2D eigenvalue weighted by molar-refractivity contribution is 5.85. The Morgan fingerprint density at radius 2 is 1.96 bits per heavy atom. The van der Waals surface area contributed by atoms with Crippen LogP contribution in [0.4, 0.5) is 13.2 Å². The molecule has 0 saturated carbocycles. The highest BCUT2D eigenvalue weighted by Crippen LogP contribution is 2.28. The molecule has 0 atom stereocenters. The molecule has 1 aromatic heterocycles. The molecule has 0 amide bonds. The van der Waals surface area contributed by atoms with E-state index in [-0.39, 0.29) is 23.2 Å². The van der Waals surface area contributed by atoms with Crippen LogP contribution in [0.5, 0.6) is 5.75 Å². The fourth-order valence-corrected chi connectivity index (χ4v) is 2.21. The Hall–Kier alpha value is -2.58. The van der Waals surface area contributed by atoms with E-state index >= 15 is 0 Å². The number of esters is 1. The summed E-state index contributed by atoms with van der Waals surface area (Å²) in [5.74, 6) is -1.29. The molecule has 6 nitrogen and oxygen atoms in total. The fourth-order valence-electron chi connectivity index (χ4n) is 2.21. The highest BCUT2D eigenvalue weighted by atomic mass is 19.4. The molecule has 0 saturated heterocycles. The van der Waals surface area contributed by atoms with Crippen molar-refractivity contribution >= 4 is 16.7 Å². The summed E-state index contributed by atoms with van der Waals surface area (Å²) in [7, 11) is 1.18. The number of halogens is 3. The highest BCUT2D eigenvalue weighted by Gasteiger charge is 2.31. The topological polar surface area (TPSA) is 70.4 Å². The third-order valence-corrected chi connectivity index (χ3v) is 3.25. The van der Waals surface area contributed by atoms with E-state index in [1.54, 1.807) is 13.8 Å². The van der Waals surface area contributed by atoms with Gasteiger partial charge in [-0.2, -0.15) is 5.10 Å². The minimum absolute atomic E-state index is 0.145. The largest absolute Gasteiger partial charge is 0.573 e. The van der Waals surface area contributed by atoms with E-state index in [1.165, 1.54) is 13.2 Å². The zero-order valence-electron chi connectivity index (χ0n) is 13.2. The number of hydrogen-bond donors (Lipinski definition) is 0. The van der Waals surface area contributed by atoms with Gasteiger partial charge in [0.25, 0.3) is 5.56 Å². The van der Waals surface area contributed by atoms with Gasteiger partial charge >= 0.3 is 12.3 Å². The first-order valence-corrected chi connectivity index (χ1v) is 6.99. The SMILES string of the molecule is COC(=O)Cn1nc(C(C)C)c2cc(OC(F)(F)F)ccc2c1=O. The van der Waals surface area contributed by atoms with E-state index in [1.807, 2.05) is 0 Å². The van der Waals surface area contributed by atoms with Crippen LogP contribution in [-0.2, 0) is 16.1 Å². The molecule has 24 heavy (non-hydrogen) atoms. The Kier molecular flexibility index (Phi) is 4.81. The Bertz CT molecular complexity index is 828.